The van der Waals surface area contributed by atoms with Crippen LogP contribution in [0.3, 0.4) is 0 Å². The van der Waals surface area contributed by atoms with E-state index in [1.165, 1.54) is 17.7 Å². The van der Waals surface area contributed by atoms with Crippen molar-refractivity contribution in [3.63, 3.8) is 0 Å². The lowest BCUT2D eigenvalue weighted by atomic mass is 9.96. The Hall–Kier alpha value is -2.65. The molecule has 1 aromatic carbocycles. The van der Waals surface area contributed by atoms with Crippen LogP contribution in [-0.2, 0) is 9.59 Å². The second-order valence-electron chi connectivity index (χ2n) is 7.39. The second-order valence-corrected chi connectivity index (χ2v) is 8.37. The molecule has 3 rings (SSSR count). The summed E-state index contributed by atoms with van der Waals surface area (Å²) in [5, 5.41) is 14.1. The molecule has 0 spiro atoms. The summed E-state index contributed by atoms with van der Waals surface area (Å²) in [5.74, 6) is 0.261. The van der Waals surface area contributed by atoms with E-state index in [2.05, 4.69) is 17.5 Å². The zero-order valence-corrected chi connectivity index (χ0v) is 17.4. The quantitative estimate of drug-likeness (QED) is 0.645. The van der Waals surface area contributed by atoms with Gasteiger partial charge in [-0.1, -0.05) is 37.1 Å². The summed E-state index contributed by atoms with van der Waals surface area (Å²) in [4.78, 5) is 28.2. The highest BCUT2D eigenvalue weighted by molar-refractivity contribution is 7.10. The van der Waals surface area contributed by atoms with Crippen molar-refractivity contribution in [2.24, 2.45) is 5.92 Å². The Morgan fingerprint density at radius 3 is 2.55 bits per heavy atom. The predicted octanol–water partition coefficient (Wildman–Crippen LogP) is 4.82. The van der Waals surface area contributed by atoms with E-state index in [0.717, 1.165) is 18.5 Å². The molecule has 1 atom stereocenters. The molecule has 5 nitrogen and oxygen atoms in total. The van der Waals surface area contributed by atoms with Crippen molar-refractivity contribution in [2.75, 3.05) is 11.4 Å². The average Bonchev–Trinajstić information content (AvgIpc) is 3.46. The number of thiophene rings is 1. The van der Waals surface area contributed by atoms with Crippen LogP contribution in [0.5, 0.6) is 0 Å². The molecular formula is C23H27N3O2S. The molecule has 0 bridgehead atoms. The van der Waals surface area contributed by atoms with Gasteiger partial charge < -0.3 is 10.2 Å². The van der Waals surface area contributed by atoms with Crippen LogP contribution in [0.15, 0.2) is 47.8 Å². The van der Waals surface area contributed by atoms with Crippen LogP contribution in [0.2, 0.25) is 0 Å². The standard InChI is InChI=1S/C23H27N3O2S/c24-15-7-16-26(19-10-2-1-3-11-19)22(28)14-13-21(27)25-23(18-8-4-5-9-18)20-12-6-17-29-20/h1-3,6,10-12,17-18,23H,4-5,7-9,13-14,16H2,(H,25,27). The van der Waals surface area contributed by atoms with E-state index in [1.807, 2.05) is 41.8 Å². The van der Waals surface area contributed by atoms with Crippen LogP contribution < -0.4 is 10.2 Å². The third kappa shape index (κ3) is 5.91. The summed E-state index contributed by atoms with van der Waals surface area (Å²) < 4.78 is 0. The summed E-state index contributed by atoms with van der Waals surface area (Å²) in [5.41, 5.74) is 0.760. The molecule has 1 heterocycles. The first kappa shape index (κ1) is 21.1. The first-order valence-electron chi connectivity index (χ1n) is 10.2. The van der Waals surface area contributed by atoms with Gasteiger partial charge in [-0.05, 0) is 42.3 Å². The third-order valence-electron chi connectivity index (χ3n) is 5.42. The zero-order chi connectivity index (χ0) is 20.5. The van der Waals surface area contributed by atoms with Gasteiger partial charge >= 0.3 is 0 Å². The molecule has 6 heteroatoms. The van der Waals surface area contributed by atoms with E-state index in [4.69, 9.17) is 5.26 Å². The number of para-hydroxylation sites is 1. The number of nitrogens with zero attached hydrogens (tertiary/aromatic N) is 2. The average molecular weight is 410 g/mol. The molecule has 1 aliphatic rings. The molecule has 2 amide bonds. The largest absolute Gasteiger partial charge is 0.348 e. The third-order valence-corrected chi connectivity index (χ3v) is 6.37. The van der Waals surface area contributed by atoms with E-state index >= 15 is 0 Å². The van der Waals surface area contributed by atoms with Crippen LogP contribution in [0.25, 0.3) is 0 Å². The van der Waals surface area contributed by atoms with E-state index in [1.54, 1.807) is 16.2 Å². The van der Waals surface area contributed by atoms with Gasteiger partial charge in [0.2, 0.25) is 11.8 Å². The Morgan fingerprint density at radius 2 is 1.90 bits per heavy atom. The molecule has 0 saturated heterocycles. The number of benzene rings is 1. The van der Waals surface area contributed by atoms with Crippen molar-refractivity contribution in [3.05, 3.63) is 52.7 Å². The number of nitrogens with one attached hydrogen (secondary N) is 1. The second kappa shape index (κ2) is 10.8. The molecule has 1 unspecified atom stereocenters. The van der Waals surface area contributed by atoms with Gasteiger partial charge in [0.25, 0.3) is 0 Å². The molecular weight excluding hydrogens is 382 g/mol. The van der Waals surface area contributed by atoms with Crippen LogP contribution in [0.4, 0.5) is 5.69 Å². The van der Waals surface area contributed by atoms with E-state index in [-0.39, 0.29) is 37.1 Å². The summed E-state index contributed by atoms with van der Waals surface area (Å²) in [6.07, 6.45) is 5.25. The van der Waals surface area contributed by atoms with Gasteiger partial charge in [-0.25, -0.2) is 0 Å². The van der Waals surface area contributed by atoms with E-state index < -0.39 is 0 Å². The highest BCUT2D eigenvalue weighted by Gasteiger charge is 2.28. The van der Waals surface area contributed by atoms with Crippen LogP contribution in [0, 0.1) is 17.2 Å². The summed E-state index contributed by atoms with van der Waals surface area (Å²) >= 11 is 1.68. The van der Waals surface area contributed by atoms with Gasteiger partial charge in [-0.15, -0.1) is 11.3 Å². The minimum Gasteiger partial charge on any atom is -0.348 e. The summed E-state index contributed by atoms with van der Waals surface area (Å²) in [6.45, 7) is 0.334. The number of carbonyl (C=O) groups is 2. The minimum absolute atomic E-state index is 0.0453. The van der Waals surface area contributed by atoms with Gasteiger partial charge in [-0.2, -0.15) is 5.26 Å². The highest BCUT2D eigenvalue weighted by Crippen LogP contribution is 2.37. The molecule has 1 aromatic heterocycles. The molecule has 29 heavy (non-hydrogen) atoms. The summed E-state index contributed by atoms with van der Waals surface area (Å²) in [6, 6.07) is 15.5. The van der Waals surface area contributed by atoms with Crippen LogP contribution >= 0.6 is 11.3 Å². The minimum atomic E-state index is -0.130. The Labute approximate surface area is 176 Å². The number of hydrogen-bond acceptors (Lipinski definition) is 4. The Balaban J connectivity index is 1.59. The predicted molar refractivity (Wildman–Crippen MR) is 115 cm³/mol. The van der Waals surface area contributed by atoms with Gasteiger partial charge in [0.15, 0.2) is 0 Å². The van der Waals surface area contributed by atoms with Crippen molar-refractivity contribution in [1.29, 1.82) is 5.26 Å². The normalized spacial score (nSPS) is 14.9. The highest BCUT2D eigenvalue weighted by atomic mass is 32.1. The van der Waals surface area contributed by atoms with Crippen molar-refractivity contribution < 1.29 is 9.59 Å². The fourth-order valence-electron chi connectivity index (χ4n) is 3.95. The molecule has 152 valence electrons. The number of amides is 2. The topological polar surface area (TPSA) is 73.2 Å². The number of hydrogen-bond donors (Lipinski definition) is 1. The van der Waals surface area contributed by atoms with Crippen LogP contribution in [-0.4, -0.2) is 18.4 Å². The Bertz CT molecular complexity index is 824. The van der Waals surface area contributed by atoms with Crippen molar-refractivity contribution in [3.8, 4) is 6.07 Å². The van der Waals surface area contributed by atoms with Crippen molar-refractivity contribution in [2.45, 2.75) is 51.0 Å². The molecule has 0 radical (unpaired) electrons. The monoisotopic (exact) mass is 409 g/mol. The maximum atomic E-state index is 12.8. The van der Waals surface area contributed by atoms with Gasteiger partial charge in [0.05, 0.1) is 18.5 Å². The van der Waals surface area contributed by atoms with E-state index in [9.17, 15) is 9.59 Å². The van der Waals surface area contributed by atoms with Gasteiger partial charge in [0, 0.05) is 30.0 Å². The summed E-state index contributed by atoms with van der Waals surface area (Å²) in [7, 11) is 0. The lowest BCUT2D eigenvalue weighted by Gasteiger charge is -2.24. The molecule has 1 fully saturated rings. The Kier molecular flexibility index (Phi) is 7.83. The molecule has 1 N–H and O–H groups in total. The fraction of sp³-hybridized carbons (Fsp3) is 0.435. The van der Waals surface area contributed by atoms with Gasteiger partial charge in [0.1, 0.15) is 0 Å². The van der Waals surface area contributed by atoms with Crippen molar-refractivity contribution >= 4 is 28.8 Å². The zero-order valence-electron chi connectivity index (χ0n) is 16.5. The first-order valence-corrected chi connectivity index (χ1v) is 11.1. The van der Waals surface area contributed by atoms with Crippen molar-refractivity contribution in [1.82, 2.24) is 5.32 Å². The molecule has 0 aliphatic heterocycles. The lowest BCUT2D eigenvalue weighted by molar-refractivity contribution is -0.126. The molecule has 1 saturated carbocycles. The fourth-order valence-corrected chi connectivity index (χ4v) is 4.82. The smallest absolute Gasteiger partial charge is 0.227 e. The van der Waals surface area contributed by atoms with Gasteiger partial charge in [-0.3, -0.25) is 9.59 Å². The maximum Gasteiger partial charge on any atom is 0.227 e. The number of carbonyl (C=O) groups excluding carboxylic acids is 2. The SMILES string of the molecule is N#CCCN(C(=O)CCC(=O)NC(c1cccs1)C1CCCC1)c1ccccc1. The maximum absolute atomic E-state index is 12.8. The van der Waals surface area contributed by atoms with E-state index in [0.29, 0.717) is 12.5 Å². The first-order chi connectivity index (χ1) is 14.2. The number of rotatable bonds is 9. The number of anilines is 1. The number of nitriles is 1. The Morgan fingerprint density at radius 1 is 1.14 bits per heavy atom. The lowest BCUT2D eigenvalue weighted by Crippen LogP contribution is -2.35. The molecule has 2 aromatic rings. The van der Waals surface area contributed by atoms with Crippen LogP contribution in [0.1, 0.15) is 55.9 Å². The molecule has 1 aliphatic carbocycles.